The minimum atomic E-state index is -4.69. The molecule has 3 fully saturated rings. The van der Waals surface area contributed by atoms with E-state index in [-0.39, 0.29) is 48.3 Å². The molecule has 13 nitrogen and oxygen atoms in total. The quantitative estimate of drug-likeness (QED) is 0.163. The van der Waals surface area contributed by atoms with E-state index in [0.29, 0.717) is 41.5 Å². The predicted octanol–water partition coefficient (Wildman–Crippen LogP) is 6.14. The topological polar surface area (TPSA) is 152 Å². The molecule has 2 N–H and O–H groups in total. The lowest BCUT2D eigenvalue weighted by molar-refractivity contribution is -0.145. The Kier molecular flexibility index (Phi) is 9.95. The number of ether oxygens (including phenoxy) is 3. The molecule has 3 atom stereocenters. The fraction of sp³-hybridized carbons (Fsp3) is 0.556. The van der Waals surface area contributed by atoms with Gasteiger partial charge in [0.15, 0.2) is 11.5 Å². The number of fused-ring (bicyclic) bond motifs is 3. The molecule has 6 heterocycles. The second kappa shape index (κ2) is 14.5. The van der Waals surface area contributed by atoms with Gasteiger partial charge in [-0.15, -0.1) is 0 Å². The highest BCUT2D eigenvalue weighted by molar-refractivity contribution is 5.91. The smallest absolute Gasteiger partial charge is 0.433 e. The van der Waals surface area contributed by atoms with E-state index in [9.17, 15) is 18.0 Å². The van der Waals surface area contributed by atoms with Crippen LogP contribution in [0, 0.1) is 5.41 Å². The van der Waals surface area contributed by atoms with Crippen molar-refractivity contribution in [2.75, 3.05) is 50.3 Å². The molecule has 16 heteroatoms. The van der Waals surface area contributed by atoms with E-state index in [1.54, 1.807) is 32.5 Å². The van der Waals surface area contributed by atoms with E-state index < -0.39 is 17.8 Å². The molecule has 0 amide bonds. The molecule has 0 spiro atoms. The Morgan fingerprint density at radius 2 is 1.81 bits per heavy atom. The minimum Gasteiger partial charge on any atom is -0.480 e. The number of aromatic amines is 1. The molecule has 7 rings (SSSR count). The number of carboxylic acids is 1. The number of hydrogen-bond acceptors (Lipinski definition) is 11. The highest BCUT2D eigenvalue weighted by Gasteiger charge is 2.42. The minimum absolute atomic E-state index is 0.0675. The van der Waals surface area contributed by atoms with E-state index in [1.165, 1.54) is 6.07 Å². The summed E-state index contributed by atoms with van der Waals surface area (Å²) >= 11 is 0. The highest BCUT2D eigenvalue weighted by Crippen LogP contribution is 2.42. The number of aromatic nitrogens is 6. The van der Waals surface area contributed by atoms with Crippen LogP contribution in [0.15, 0.2) is 30.6 Å². The number of methoxy groups -OCH3 is 1. The summed E-state index contributed by atoms with van der Waals surface area (Å²) in [6.07, 6.45) is 6.19. The summed E-state index contributed by atoms with van der Waals surface area (Å²) in [6.45, 7) is 2.80. The van der Waals surface area contributed by atoms with E-state index in [0.717, 1.165) is 68.9 Å². The Morgan fingerprint density at radius 1 is 1.06 bits per heavy atom. The lowest BCUT2D eigenvalue weighted by Gasteiger charge is -2.39. The Labute approximate surface area is 298 Å². The number of imidazole rings is 1. The first kappa shape index (κ1) is 35.8. The van der Waals surface area contributed by atoms with E-state index in [2.05, 4.69) is 19.8 Å². The highest BCUT2D eigenvalue weighted by atomic mass is 19.4. The maximum absolute atomic E-state index is 13.9. The lowest BCUT2D eigenvalue weighted by Crippen LogP contribution is -2.46. The number of nitrogens with zero attached hydrogens (tertiary/aromatic N) is 7. The van der Waals surface area contributed by atoms with Crippen LogP contribution in [0.3, 0.4) is 0 Å². The van der Waals surface area contributed by atoms with Crippen molar-refractivity contribution < 1.29 is 37.3 Å². The average molecular weight is 725 g/mol. The molecule has 2 saturated heterocycles. The van der Waals surface area contributed by atoms with Crippen molar-refractivity contribution in [3.05, 3.63) is 36.3 Å². The summed E-state index contributed by atoms with van der Waals surface area (Å²) < 4.78 is 58.5. The number of nitrogens with one attached hydrogen (secondary N) is 1. The van der Waals surface area contributed by atoms with Crippen molar-refractivity contribution in [1.29, 1.82) is 0 Å². The van der Waals surface area contributed by atoms with Crippen molar-refractivity contribution in [2.24, 2.45) is 5.41 Å². The molecule has 0 radical (unpaired) electrons. The van der Waals surface area contributed by atoms with Crippen LogP contribution in [-0.2, 0) is 20.4 Å². The fourth-order valence-electron chi connectivity index (χ4n) is 8.33. The molecule has 0 aromatic carbocycles. The zero-order valence-corrected chi connectivity index (χ0v) is 29.4. The Bertz CT molecular complexity index is 1890. The van der Waals surface area contributed by atoms with Crippen LogP contribution >= 0.6 is 0 Å². The molecule has 3 aliphatic rings. The van der Waals surface area contributed by atoms with Crippen LogP contribution in [0.2, 0.25) is 0 Å². The normalized spacial score (nSPS) is 21.2. The van der Waals surface area contributed by atoms with E-state index in [4.69, 9.17) is 39.3 Å². The molecule has 4 aromatic heterocycles. The first-order valence-corrected chi connectivity index (χ1v) is 17.7. The number of aliphatic carboxylic acids is 1. The van der Waals surface area contributed by atoms with Crippen molar-refractivity contribution in [1.82, 2.24) is 29.9 Å². The Hall–Kier alpha value is -4.57. The van der Waals surface area contributed by atoms with Crippen LogP contribution in [0.25, 0.3) is 33.9 Å². The molecule has 4 aromatic rings. The summed E-state index contributed by atoms with van der Waals surface area (Å²) in [4.78, 5) is 41.5. The van der Waals surface area contributed by atoms with Gasteiger partial charge in [0.05, 0.1) is 43.1 Å². The monoisotopic (exact) mass is 724 g/mol. The number of anilines is 2. The zero-order chi connectivity index (χ0) is 36.6. The maximum Gasteiger partial charge on any atom is 0.433 e. The molecule has 2 bridgehead atoms. The Morgan fingerprint density at radius 3 is 2.44 bits per heavy atom. The van der Waals surface area contributed by atoms with Gasteiger partial charge in [-0.2, -0.15) is 13.2 Å². The third kappa shape index (κ3) is 7.35. The van der Waals surface area contributed by atoms with Crippen molar-refractivity contribution in [3.8, 4) is 28.7 Å². The first-order valence-electron chi connectivity index (χ1n) is 17.7. The number of rotatable bonds is 13. The number of halogens is 3. The summed E-state index contributed by atoms with van der Waals surface area (Å²) in [5.74, 6) is 0.0376. The maximum atomic E-state index is 13.9. The molecular weight excluding hydrogens is 681 g/mol. The van der Waals surface area contributed by atoms with Gasteiger partial charge in [-0.05, 0) is 57.6 Å². The first-order chi connectivity index (χ1) is 24.9. The van der Waals surface area contributed by atoms with Crippen molar-refractivity contribution in [2.45, 2.75) is 82.7 Å². The van der Waals surface area contributed by atoms with Crippen molar-refractivity contribution >= 4 is 28.6 Å². The zero-order valence-electron chi connectivity index (χ0n) is 29.4. The van der Waals surface area contributed by atoms with Gasteiger partial charge in [0, 0.05) is 49.8 Å². The number of carbonyl (C=O) groups is 1. The number of pyridine rings is 2. The van der Waals surface area contributed by atoms with E-state index >= 15 is 0 Å². The standard InChI is InChI=1S/C36H43F3N8O5/c1-4-51-30-12-21(11-28(43-30)36(37,38)39)25-15-27(46(2)19-35(20-50-3)9-5-6-10-35)32-34(42-25)45-33(44-32)26-16-41-29(17-40-26)47-22-7-8-23(47)14-24(13-22)52-18-31(48)49/h11-12,15-17,22-24H,4-10,13-14,18-20H2,1-3H3,(H,48,49)(H,42,44,45)/t22-,23+,24+. The van der Waals surface area contributed by atoms with E-state index in [1.807, 2.05) is 7.05 Å². The molecule has 2 aliphatic heterocycles. The van der Waals surface area contributed by atoms with Crippen LogP contribution in [0.4, 0.5) is 24.7 Å². The van der Waals surface area contributed by atoms with Gasteiger partial charge in [0.1, 0.15) is 29.3 Å². The van der Waals surface area contributed by atoms with Crippen molar-refractivity contribution in [3.63, 3.8) is 0 Å². The average Bonchev–Trinajstić information content (AvgIpc) is 3.82. The lowest BCUT2D eigenvalue weighted by atomic mass is 9.86. The van der Waals surface area contributed by atoms with Gasteiger partial charge in [-0.1, -0.05) is 12.8 Å². The Balaban J connectivity index is 1.23. The van der Waals surface area contributed by atoms with Gasteiger partial charge in [0.2, 0.25) is 5.88 Å². The van der Waals surface area contributed by atoms with Crippen LogP contribution < -0.4 is 14.5 Å². The molecule has 1 aliphatic carbocycles. The third-order valence-corrected chi connectivity index (χ3v) is 10.5. The SMILES string of the molecule is CCOc1cc(-c2cc(N(C)CC3(COC)CCCC3)c3[nH]c(-c4cnc(N5[C@@H]6CC[C@H]5C[C@@H](OCC(=O)O)C6)cn4)nc3n2)cc(C(F)(F)F)n1. The molecule has 278 valence electrons. The number of hydrogen-bond donors (Lipinski definition) is 2. The molecular formula is C36H43F3N8O5. The second-order valence-electron chi connectivity index (χ2n) is 14.2. The number of alkyl halides is 3. The van der Waals surface area contributed by atoms with Crippen LogP contribution in [0.5, 0.6) is 5.88 Å². The number of piperidine rings is 1. The molecule has 52 heavy (non-hydrogen) atoms. The predicted molar refractivity (Wildman–Crippen MR) is 186 cm³/mol. The number of carboxylic acid groups (broad SMARTS) is 1. The van der Waals surface area contributed by atoms with Crippen LogP contribution in [0.1, 0.15) is 64.0 Å². The molecule has 0 unspecified atom stereocenters. The van der Waals surface area contributed by atoms with Gasteiger partial charge in [0.25, 0.3) is 0 Å². The summed E-state index contributed by atoms with van der Waals surface area (Å²) in [7, 11) is 3.67. The third-order valence-electron chi connectivity index (χ3n) is 10.5. The summed E-state index contributed by atoms with van der Waals surface area (Å²) in [5, 5.41) is 9.03. The summed E-state index contributed by atoms with van der Waals surface area (Å²) in [5.41, 5.74) is 1.50. The second-order valence-corrected chi connectivity index (χ2v) is 14.2. The molecule has 1 saturated carbocycles. The van der Waals surface area contributed by atoms with Crippen LogP contribution in [-0.4, -0.2) is 99.7 Å². The van der Waals surface area contributed by atoms with Gasteiger partial charge in [-0.3, -0.25) is 0 Å². The fourth-order valence-corrected chi connectivity index (χ4v) is 8.33. The van der Waals surface area contributed by atoms with Gasteiger partial charge >= 0.3 is 12.1 Å². The van der Waals surface area contributed by atoms with Gasteiger partial charge in [-0.25, -0.2) is 29.7 Å². The largest absolute Gasteiger partial charge is 0.480 e. The van der Waals surface area contributed by atoms with Gasteiger partial charge < -0.3 is 34.1 Å². The number of H-pyrrole nitrogens is 1. The summed E-state index contributed by atoms with van der Waals surface area (Å²) in [6, 6.07) is 4.58.